The maximum atomic E-state index is 12.3. The Morgan fingerprint density at radius 1 is 1.12 bits per heavy atom. The van der Waals surface area contributed by atoms with Crippen molar-refractivity contribution in [2.45, 2.75) is 34.2 Å². The van der Waals surface area contributed by atoms with E-state index in [4.69, 9.17) is 4.74 Å². The van der Waals surface area contributed by atoms with E-state index in [1.807, 2.05) is 58.0 Å². The van der Waals surface area contributed by atoms with Crippen LogP contribution in [0.4, 0.5) is 0 Å². The predicted octanol–water partition coefficient (Wildman–Crippen LogP) is 5.10. The van der Waals surface area contributed by atoms with Crippen molar-refractivity contribution in [2.75, 3.05) is 0 Å². The fourth-order valence-electron chi connectivity index (χ4n) is 2.64. The molecule has 134 valence electrons. The highest BCUT2D eigenvalue weighted by Gasteiger charge is 2.11. The molecular formula is C21H22N2O2S. The van der Waals surface area contributed by atoms with E-state index in [0.717, 1.165) is 37.8 Å². The van der Waals surface area contributed by atoms with E-state index < -0.39 is 0 Å². The Morgan fingerprint density at radius 2 is 1.92 bits per heavy atom. The third kappa shape index (κ3) is 4.29. The van der Waals surface area contributed by atoms with Crippen molar-refractivity contribution in [1.29, 1.82) is 0 Å². The summed E-state index contributed by atoms with van der Waals surface area (Å²) in [4.78, 5) is 18.8. The number of hydrogen-bond acceptors (Lipinski definition) is 4. The molecule has 0 unspecified atom stereocenters. The van der Waals surface area contributed by atoms with Crippen LogP contribution in [0.5, 0.6) is 11.6 Å². The van der Waals surface area contributed by atoms with Gasteiger partial charge in [-0.05, 0) is 56.5 Å². The summed E-state index contributed by atoms with van der Waals surface area (Å²) in [6.07, 6.45) is 1.73. The van der Waals surface area contributed by atoms with Crippen molar-refractivity contribution >= 4 is 17.2 Å². The van der Waals surface area contributed by atoms with Gasteiger partial charge in [0, 0.05) is 28.6 Å². The summed E-state index contributed by atoms with van der Waals surface area (Å²) < 4.78 is 5.86. The lowest BCUT2D eigenvalue weighted by Crippen LogP contribution is -2.22. The number of pyridine rings is 1. The minimum Gasteiger partial charge on any atom is -0.439 e. The van der Waals surface area contributed by atoms with E-state index in [2.05, 4.69) is 16.4 Å². The number of amides is 1. The maximum Gasteiger partial charge on any atom is 0.252 e. The monoisotopic (exact) mass is 366 g/mol. The van der Waals surface area contributed by atoms with Crippen molar-refractivity contribution in [3.05, 3.63) is 74.6 Å². The Labute approximate surface area is 157 Å². The lowest BCUT2D eigenvalue weighted by molar-refractivity contribution is 0.0951. The molecule has 0 aliphatic rings. The van der Waals surface area contributed by atoms with Gasteiger partial charge in [-0.25, -0.2) is 4.98 Å². The lowest BCUT2D eigenvalue weighted by atomic mass is 10.1. The van der Waals surface area contributed by atoms with Gasteiger partial charge in [-0.15, -0.1) is 11.3 Å². The standard InChI is InChI=1S/C21H22N2O2S/c1-13-5-6-14(2)19(9-13)25-20-8-7-17(11-22-20)12-23-21(24)18-10-15(3)26-16(18)4/h5-11H,12H2,1-4H3,(H,23,24). The number of benzene rings is 1. The van der Waals surface area contributed by atoms with E-state index in [9.17, 15) is 4.79 Å². The summed E-state index contributed by atoms with van der Waals surface area (Å²) in [7, 11) is 0. The second kappa shape index (κ2) is 7.70. The molecule has 0 atom stereocenters. The number of hydrogen-bond donors (Lipinski definition) is 1. The van der Waals surface area contributed by atoms with Crippen molar-refractivity contribution in [3.63, 3.8) is 0 Å². The maximum absolute atomic E-state index is 12.3. The molecule has 3 rings (SSSR count). The zero-order valence-corrected chi connectivity index (χ0v) is 16.2. The molecule has 0 aliphatic carbocycles. The molecule has 0 radical (unpaired) electrons. The predicted molar refractivity (Wildman–Crippen MR) is 105 cm³/mol. The van der Waals surface area contributed by atoms with Crippen LogP contribution in [0.15, 0.2) is 42.6 Å². The average molecular weight is 366 g/mol. The van der Waals surface area contributed by atoms with Gasteiger partial charge < -0.3 is 10.1 Å². The molecule has 2 heterocycles. The second-order valence-electron chi connectivity index (χ2n) is 6.39. The lowest BCUT2D eigenvalue weighted by Gasteiger charge is -2.09. The highest BCUT2D eigenvalue weighted by molar-refractivity contribution is 7.12. The Bertz CT molecular complexity index is 930. The van der Waals surface area contributed by atoms with Crippen molar-refractivity contribution in [1.82, 2.24) is 10.3 Å². The fourth-order valence-corrected chi connectivity index (χ4v) is 3.56. The Morgan fingerprint density at radius 3 is 2.58 bits per heavy atom. The summed E-state index contributed by atoms with van der Waals surface area (Å²) in [5, 5.41) is 2.94. The molecule has 4 nitrogen and oxygen atoms in total. The van der Waals surface area contributed by atoms with Crippen LogP contribution >= 0.6 is 11.3 Å². The molecule has 0 bridgehead atoms. The van der Waals surface area contributed by atoms with Gasteiger partial charge in [-0.1, -0.05) is 18.2 Å². The summed E-state index contributed by atoms with van der Waals surface area (Å²) >= 11 is 1.63. The molecule has 0 aliphatic heterocycles. The Hall–Kier alpha value is -2.66. The number of nitrogens with zero attached hydrogens (tertiary/aromatic N) is 1. The van der Waals surface area contributed by atoms with Crippen molar-refractivity contribution < 1.29 is 9.53 Å². The van der Waals surface area contributed by atoms with E-state index in [1.54, 1.807) is 17.5 Å². The quantitative estimate of drug-likeness (QED) is 0.683. The number of nitrogens with one attached hydrogen (secondary N) is 1. The molecule has 5 heteroatoms. The van der Waals surface area contributed by atoms with Gasteiger partial charge in [0.2, 0.25) is 5.88 Å². The first-order valence-electron chi connectivity index (χ1n) is 8.47. The van der Waals surface area contributed by atoms with E-state index in [1.165, 1.54) is 0 Å². The van der Waals surface area contributed by atoms with E-state index >= 15 is 0 Å². The van der Waals surface area contributed by atoms with Crippen LogP contribution in [0.25, 0.3) is 0 Å². The van der Waals surface area contributed by atoms with E-state index in [0.29, 0.717) is 12.4 Å². The van der Waals surface area contributed by atoms with Crippen LogP contribution in [0, 0.1) is 27.7 Å². The van der Waals surface area contributed by atoms with Crippen LogP contribution < -0.4 is 10.1 Å². The smallest absolute Gasteiger partial charge is 0.252 e. The fraction of sp³-hybridized carbons (Fsp3) is 0.238. The molecule has 1 N–H and O–H groups in total. The van der Waals surface area contributed by atoms with Crippen LogP contribution in [-0.4, -0.2) is 10.9 Å². The molecule has 1 amide bonds. The molecule has 0 saturated carbocycles. The zero-order chi connectivity index (χ0) is 18.7. The van der Waals surface area contributed by atoms with Gasteiger partial charge in [0.25, 0.3) is 5.91 Å². The summed E-state index contributed by atoms with van der Waals surface area (Å²) in [6, 6.07) is 11.7. The number of thiophene rings is 1. The minimum absolute atomic E-state index is 0.0532. The minimum atomic E-state index is -0.0532. The van der Waals surface area contributed by atoms with E-state index in [-0.39, 0.29) is 5.91 Å². The van der Waals surface area contributed by atoms with Crippen LogP contribution in [0.1, 0.15) is 36.8 Å². The van der Waals surface area contributed by atoms with Crippen molar-refractivity contribution in [3.8, 4) is 11.6 Å². The number of aromatic nitrogens is 1. The molecule has 3 aromatic rings. The summed E-state index contributed by atoms with van der Waals surface area (Å²) in [6.45, 7) is 8.44. The number of rotatable bonds is 5. The van der Waals surface area contributed by atoms with Gasteiger partial charge in [-0.2, -0.15) is 0 Å². The summed E-state index contributed by atoms with van der Waals surface area (Å²) in [5.41, 5.74) is 3.88. The van der Waals surface area contributed by atoms with Crippen LogP contribution in [0.2, 0.25) is 0 Å². The van der Waals surface area contributed by atoms with Gasteiger partial charge in [0.1, 0.15) is 5.75 Å². The number of ether oxygens (including phenoxy) is 1. The number of carbonyl (C=O) groups excluding carboxylic acids is 1. The average Bonchev–Trinajstić information content (AvgIpc) is 2.95. The molecule has 0 saturated heterocycles. The molecule has 2 aromatic heterocycles. The Balaban J connectivity index is 1.62. The molecular weight excluding hydrogens is 344 g/mol. The Kier molecular flexibility index (Phi) is 5.38. The van der Waals surface area contributed by atoms with Crippen LogP contribution in [-0.2, 0) is 6.54 Å². The molecule has 26 heavy (non-hydrogen) atoms. The molecule has 1 aromatic carbocycles. The van der Waals surface area contributed by atoms with Gasteiger partial charge in [0.05, 0.1) is 5.56 Å². The number of aryl methyl sites for hydroxylation is 4. The topological polar surface area (TPSA) is 51.2 Å². The number of carbonyl (C=O) groups is 1. The van der Waals surface area contributed by atoms with Gasteiger partial charge >= 0.3 is 0 Å². The normalized spacial score (nSPS) is 10.6. The van der Waals surface area contributed by atoms with Gasteiger partial charge in [-0.3, -0.25) is 4.79 Å². The first-order valence-corrected chi connectivity index (χ1v) is 9.29. The third-order valence-electron chi connectivity index (χ3n) is 4.09. The van der Waals surface area contributed by atoms with Gasteiger partial charge in [0.15, 0.2) is 0 Å². The first kappa shape index (κ1) is 18.1. The zero-order valence-electron chi connectivity index (χ0n) is 15.4. The molecule has 0 fully saturated rings. The summed E-state index contributed by atoms with van der Waals surface area (Å²) in [5.74, 6) is 1.29. The second-order valence-corrected chi connectivity index (χ2v) is 7.85. The SMILES string of the molecule is Cc1ccc(C)c(Oc2ccc(CNC(=O)c3cc(C)sc3C)cn2)c1. The van der Waals surface area contributed by atoms with Crippen LogP contribution in [0.3, 0.4) is 0 Å². The highest BCUT2D eigenvalue weighted by atomic mass is 32.1. The largest absolute Gasteiger partial charge is 0.439 e. The van der Waals surface area contributed by atoms with Crippen molar-refractivity contribution in [2.24, 2.45) is 0 Å². The first-order chi connectivity index (χ1) is 12.4. The third-order valence-corrected chi connectivity index (χ3v) is 5.06. The molecule has 0 spiro atoms. The highest BCUT2D eigenvalue weighted by Crippen LogP contribution is 2.25.